The van der Waals surface area contributed by atoms with E-state index in [0.717, 1.165) is 25.7 Å². The zero-order valence-corrected chi connectivity index (χ0v) is 9.42. The van der Waals surface area contributed by atoms with E-state index in [4.69, 9.17) is 9.84 Å². The molecule has 0 amide bonds. The van der Waals surface area contributed by atoms with Crippen molar-refractivity contribution in [3.63, 3.8) is 0 Å². The van der Waals surface area contributed by atoms with Crippen molar-refractivity contribution in [2.75, 3.05) is 19.0 Å². The van der Waals surface area contributed by atoms with Crippen molar-refractivity contribution in [3.05, 3.63) is 0 Å². The van der Waals surface area contributed by atoms with E-state index in [1.807, 2.05) is 0 Å². The van der Waals surface area contributed by atoms with Crippen LogP contribution in [0.4, 0.5) is 0 Å². The van der Waals surface area contributed by atoms with Crippen molar-refractivity contribution in [2.24, 2.45) is 0 Å². The Labute approximate surface area is 89.9 Å². The molecule has 0 radical (unpaired) electrons. The van der Waals surface area contributed by atoms with Crippen LogP contribution in [0.2, 0.25) is 0 Å². The monoisotopic (exact) mass is 235 g/mol. The van der Waals surface area contributed by atoms with Crippen LogP contribution in [0.15, 0.2) is 0 Å². The fourth-order valence-corrected chi connectivity index (χ4v) is 3.60. The van der Waals surface area contributed by atoms with Gasteiger partial charge >= 0.3 is 0 Å². The minimum Gasteiger partial charge on any atom is -0.394 e. The number of nitrogens with one attached hydrogen (secondary N) is 1. The molecule has 0 aromatic heterocycles. The Morgan fingerprint density at radius 2 is 2.20 bits per heavy atom. The van der Waals surface area contributed by atoms with Gasteiger partial charge in [-0.25, -0.2) is 13.1 Å². The van der Waals surface area contributed by atoms with Crippen molar-refractivity contribution in [1.82, 2.24) is 4.72 Å². The summed E-state index contributed by atoms with van der Waals surface area (Å²) >= 11 is 0. The van der Waals surface area contributed by atoms with Crippen LogP contribution in [-0.2, 0) is 14.8 Å². The minimum absolute atomic E-state index is 0.0226. The van der Waals surface area contributed by atoms with Crippen LogP contribution in [0.25, 0.3) is 0 Å². The topological polar surface area (TPSA) is 75.6 Å². The SMILES string of the molecule is O=S(=O)(CC1CCCO1)NC1(CO)CC1. The molecule has 1 saturated heterocycles. The molecule has 2 N–H and O–H groups in total. The van der Waals surface area contributed by atoms with Crippen LogP contribution in [0.3, 0.4) is 0 Å². The highest BCUT2D eigenvalue weighted by Crippen LogP contribution is 2.35. The number of ether oxygens (including phenoxy) is 1. The summed E-state index contributed by atoms with van der Waals surface area (Å²) in [7, 11) is -3.31. The molecular formula is C9H17NO4S. The van der Waals surface area contributed by atoms with E-state index < -0.39 is 15.6 Å². The van der Waals surface area contributed by atoms with E-state index >= 15 is 0 Å². The zero-order valence-electron chi connectivity index (χ0n) is 8.61. The fourth-order valence-electron chi connectivity index (χ4n) is 1.84. The van der Waals surface area contributed by atoms with Gasteiger partial charge in [0.1, 0.15) is 0 Å². The Bertz CT molecular complexity index is 317. The molecule has 1 aliphatic heterocycles. The van der Waals surface area contributed by atoms with Crippen LogP contribution >= 0.6 is 0 Å². The lowest BCUT2D eigenvalue weighted by molar-refractivity contribution is 0.127. The summed E-state index contributed by atoms with van der Waals surface area (Å²) < 4.78 is 31.2. The summed E-state index contributed by atoms with van der Waals surface area (Å²) in [6.45, 7) is 0.545. The normalized spacial score (nSPS) is 29.3. The maximum absolute atomic E-state index is 11.7. The summed E-state index contributed by atoms with van der Waals surface area (Å²) in [6.07, 6.45) is 3.04. The highest BCUT2D eigenvalue weighted by molar-refractivity contribution is 7.89. The van der Waals surface area contributed by atoms with Crippen molar-refractivity contribution >= 4 is 10.0 Å². The Kier molecular flexibility index (Phi) is 3.03. The van der Waals surface area contributed by atoms with Crippen LogP contribution in [-0.4, -0.2) is 44.1 Å². The molecule has 15 heavy (non-hydrogen) atoms. The van der Waals surface area contributed by atoms with E-state index in [2.05, 4.69) is 4.72 Å². The third kappa shape index (κ3) is 2.90. The highest BCUT2D eigenvalue weighted by atomic mass is 32.2. The zero-order chi connectivity index (χ0) is 10.9. The van der Waals surface area contributed by atoms with Crippen LogP contribution < -0.4 is 4.72 Å². The molecule has 0 aromatic rings. The fraction of sp³-hybridized carbons (Fsp3) is 1.00. The number of sulfonamides is 1. The summed E-state index contributed by atoms with van der Waals surface area (Å²) in [5.74, 6) is 0.0226. The Hall–Kier alpha value is -0.170. The second-order valence-corrected chi connectivity index (χ2v) is 6.22. The number of rotatable bonds is 5. The van der Waals surface area contributed by atoms with Gasteiger partial charge in [-0.1, -0.05) is 0 Å². The Balaban J connectivity index is 1.89. The van der Waals surface area contributed by atoms with E-state index in [-0.39, 0.29) is 18.5 Å². The predicted molar refractivity (Wildman–Crippen MR) is 54.9 cm³/mol. The lowest BCUT2D eigenvalue weighted by Gasteiger charge is -2.16. The third-order valence-electron chi connectivity index (χ3n) is 2.96. The summed E-state index contributed by atoms with van der Waals surface area (Å²) in [5, 5.41) is 9.02. The second kappa shape index (κ2) is 4.01. The number of hydrogen-bond acceptors (Lipinski definition) is 4. The molecule has 1 atom stereocenters. The molecule has 2 rings (SSSR count). The van der Waals surface area contributed by atoms with Gasteiger partial charge < -0.3 is 9.84 Å². The standard InChI is InChI=1S/C9H17NO4S/c11-7-9(3-4-9)10-15(12,13)6-8-2-1-5-14-8/h8,10-11H,1-7H2. The van der Waals surface area contributed by atoms with E-state index in [1.54, 1.807) is 0 Å². The van der Waals surface area contributed by atoms with Crippen LogP contribution in [0.1, 0.15) is 25.7 Å². The molecule has 88 valence electrons. The van der Waals surface area contributed by atoms with Gasteiger partial charge in [0, 0.05) is 6.61 Å². The smallest absolute Gasteiger partial charge is 0.214 e. The number of aliphatic hydroxyl groups is 1. The maximum Gasteiger partial charge on any atom is 0.214 e. The van der Waals surface area contributed by atoms with Gasteiger partial charge in [0.25, 0.3) is 0 Å². The van der Waals surface area contributed by atoms with Gasteiger partial charge in [0.05, 0.1) is 24.0 Å². The molecule has 2 aliphatic rings. The summed E-state index contributed by atoms with van der Waals surface area (Å²) in [4.78, 5) is 0. The van der Waals surface area contributed by atoms with Crippen molar-refractivity contribution in [2.45, 2.75) is 37.3 Å². The number of hydrogen-bond donors (Lipinski definition) is 2. The second-order valence-electron chi connectivity index (χ2n) is 4.46. The molecule has 0 spiro atoms. The van der Waals surface area contributed by atoms with Gasteiger partial charge in [-0.3, -0.25) is 0 Å². The summed E-state index contributed by atoms with van der Waals surface area (Å²) in [5.41, 5.74) is -0.558. The molecule has 0 bridgehead atoms. The van der Waals surface area contributed by atoms with E-state index in [1.165, 1.54) is 0 Å². The van der Waals surface area contributed by atoms with E-state index in [0.29, 0.717) is 6.61 Å². The van der Waals surface area contributed by atoms with Crippen LogP contribution in [0, 0.1) is 0 Å². The average Bonchev–Trinajstić information content (AvgIpc) is 2.72. The molecule has 1 aliphatic carbocycles. The molecule has 1 unspecified atom stereocenters. The predicted octanol–water partition coefficient (Wildman–Crippen LogP) is -0.390. The first-order valence-corrected chi connectivity index (χ1v) is 6.95. The highest BCUT2D eigenvalue weighted by Gasteiger charge is 2.45. The Morgan fingerprint density at radius 3 is 2.67 bits per heavy atom. The lowest BCUT2D eigenvalue weighted by Crippen LogP contribution is -2.42. The molecule has 6 heteroatoms. The van der Waals surface area contributed by atoms with E-state index in [9.17, 15) is 8.42 Å². The molecule has 5 nitrogen and oxygen atoms in total. The first-order valence-electron chi connectivity index (χ1n) is 5.29. The quantitative estimate of drug-likeness (QED) is 0.680. The molecular weight excluding hydrogens is 218 g/mol. The lowest BCUT2D eigenvalue weighted by atomic mass is 10.3. The molecule has 0 aromatic carbocycles. The minimum atomic E-state index is -3.31. The maximum atomic E-state index is 11.7. The first kappa shape index (κ1) is 11.3. The van der Waals surface area contributed by atoms with Gasteiger partial charge in [-0.05, 0) is 25.7 Å². The molecule has 2 fully saturated rings. The average molecular weight is 235 g/mol. The first-order chi connectivity index (χ1) is 7.05. The van der Waals surface area contributed by atoms with Gasteiger partial charge in [-0.2, -0.15) is 0 Å². The third-order valence-corrected chi connectivity index (χ3v) is 4.51. The van der Waals surface area contributed by atoms with Gasteiger partial charge in [-0.15, -0.1) is 0 Å². The summed E-state index contributed by atoms with van der Waals surface area (Å²) in [6, 6.07) is 0. The van der Waals surface area contributed by atoms with Crippen molar-refractivity contribution in [1.29, 1.82) is 0 Å². The van der Waals surface area contributed by atoms with Crippen molar-refractivity contribution < 1.29 is 18.3 Å². The number of aliphatic hydroxyl groups excluding tert-OH is 1. The van der Waals surface area contributed by atoms with Crippen LogP contribution in [0.5, 0.6) is 0 Å². The van der Waals surface area contributed by atoms with Gasteiger partial charge in [0.2, 0.25) is 10.0 Å². The van der Waals surface area contributed by atoms with Gasteiger partial charge in [0.15, 0.2) is 0 Å². The molecule has 1 saturated carbocycles. The molecule has 1 heterocycles. The van der Waals surface area contributed by atoms with Crippen molar-refractivity contribution in [3.8, 4) is 0 Å². The largest absolute Gasteiger partial charge is 0.394 e. The Morgan fingerprint density at radius 1 is 1.47 bits per heavy atom.